The first kappa shape index (κ1) is 35.3. The average Bonchev–Trinajstić information content (AvgIpc) is 2.76. The van der Waals surface area contributed by atoms with Crippen molar-refractivity contribution in [2.24, 2.45) is 0 Å². The summed E-state index contributed by atoms with van der Waals surface area (Å²) in [6, 6.07) is 0. The second-order valence-corrected chi connectivity index (χ2v) is 20.7. The Bertz CT molecular complexity index is 608. The van der Waals surface area contributed by atoms with Crippen LogP contribution in [0.5, 0.6) is 0 Å². The molecule has 0 saturated carbocycles. The van der Waals surface area contributed by atoms with Crippen LogP contribution in [0, 0.1) is 0 Å². The molecule has 0 aromatic rings. The zero-order valence-electron chi connectivity index (χ0n) is 19.9. The highest BCUT2D eigenvalue weighted by Gasteiger charge is 2.32. The summed E-state index contributed by atoms with van der Waals surface area (Å²) in [5.74, 6) is 1.10. The molecule has 0 saturated heterocycles. The van der Waals surface area contributed by atoms with E-state index in [-0.39, 0.29) is 19.6 Å². The highest BCUT2D eigenvalue weighted by Crippen LogP contribution is 2.62. The van der Waals surface area contributed by atoms with Crippen LogP contribution < -0.4 is 0 Å². The van der Waals surface area contributed by atoms with Gasteiger partial charge in [-0.05, 0) is 42.7 Å². The molecule has 0 aromatic heterocycles. The Hall–Kier alpha value is 1.13. The maximum atomic E-state index is 11.8. The van der Waals surface area contributed by atoms with E-state index in [2.05, 4.69) is 13.8 Å². The van der Waals surface area contributed by atoms with Crippen LogP contribution >= 0.6 is 45.9 Å². The maximum absolute atomic E-state index is 11.8. The van der Waals surface area contributed by atoms with Gasteiger partial charge in [-0.3, -0.25) is 9.59 Å². The third kappa shape index (κ3) is 17.5. The molecule has 0 aliphatic rings. The summed E-state index contributed by atoms with van der Waals surface area (Å²) < 4.78 is 30.2. The smallest absolute Gasteiger partial charge is 0.320 e. The van der Waals surface area contributed by atoms with Crippen molar-refractivity contribution in [3.05, 3.63) is 0 Å². The molecule has 32 heavy (non-hydrogen) atoms. The van der Waals surface area contributed by atoms with E-state index in [0.29, 0.717) is 5.25 Å². The summed E-state index contributed by atoms with van der Waals surface area (Å²) in [6.07, 6.45) is -0.123. The molecule has 0 amide bonds. The molecule has 15 heteroatoms. The minimum atomic E-state index is -2.65. The van der Waals surface area contributed by atoms with Crippen LogP contribution in [-0.4, -0.2) is 75.6 Å². The molecule has 1 atom stereocenters. The molecule has 0 aliphatic heterocycles. The summed E-state index contributed by atoms with van der Waals surface area (Å²) in [7, 11) is 6.05. The monoisotopic (exact) mass is 590 g/mol. The first-order chi connectivity index (χ1) is 15.0. The molecule has 0 N–H and O–H groups in total. The molecule has 0 aliphatic carbocycles. The number of ether oxygens (including phenoxy) is 2. The van der Waals surface area contributed by atoms with Gasteiger partial charge in [-0.2, -0.15) is 11.8 Å². The highest BCUT2D eigenvalue weighted by molar-refractivity contribution is 8.68. The van der Waals surface area contributed by atoms with E-state index in [9.17, 15) is 9.59 Å². The van der Waals surface area contributed by atoms with Crippen LogP contribution in [0.3, 0.4) is 0 Å². The van der Waals surface area contributed by atoms with Gasteiger partial charge >= 0.3 is 11.9 Å². The quantitative estimate of drug-likeness (QED) is 0.129. The Balaban J connectivity index is 0. The molecular weight excluding hydrogens is 554 g/mol. The second kappa shape index (κ2) is 20.3. The molecule has 192 valence electrons. The molecule has 0 fully saturated rings. The van der Waals surface area contributed by atoms with E-state index in [1.54, 1.807) is 39.4 Å². The summed E-state index contributed by atoms with van der Waals surface area (Å²) >= 11 is 14.9. The van der Waals surface area contributed by atoms with Gasteiger partial charge in [0.1, 0.15) is 5.25 Å². The van der Waals surface area contributed by atoms with E-state index in [1.165, 1.54) is 14.2 Å². The fraction of sp³-hybridized carbons (Fsp3) is 0.882. The third-order valence-corrected chi connectivity index (χ3v) is 16.2. The minimum absolute atomic E-state index is 0.123. The molecule has 0 heterocycles. The average molecular weight is 591 g/mol. The number of carbonyl (C=O) groups is 2. The third-order valence-electron chi connectivity index (χ3n) is 3.14. The molecule has 0 aromatic carbocycles. The predicted molar refractivity (Wildman–Crippen MR) is 146 cm³/mol. The van der Waals surface area contributed by atoms with Crippen molar-refractivity contribution >= 4 is 81.5 Å². The van der Waals surface area contributed by atoms with Crippen molar-refractivity contribution in [1.82, 2.24) is 0 Å². The van der Waals surface area contributed by atoms with Gasteiger partial charge in [-0.15, -0.1) is 0 Å². The summed E-state index contributed by atoms with van der Waals surface area (Å²) in [4.78, 5) is 23.3. The van der Waals surface area contributed by atoms with Gasteiger partial charge in [0.25, 0.3) is 0 Å². The van der Waals surface area contributed by atoms with Crippen molar-refractivity contribution in [3.63, 3.8) is 0 Å². The number of hydrogen-bond acceptors (Lipinski definition) is 13. The van der Waals surface area contributed by atoms with Gasteiger partial charge in [0.15, 0.2) is 0 Å². The van der Waals surface area contributed by atoms with E-state index in [1.807, 2.05) is 11.8 Å². The molecular formula is C17H36O8P2S5. The lowest BCUT2D eigenvalue weighted by atomic mass is 10.3. The Kier molecular flexibility index (Phi) is 22.4. The fourth-order valence-corrected chi connectivity index (χ4v) is 9.95. The fourth-order valence-electron chi connectivity index (χ4n) is 1.70. The normalized spacial score (nSPS) is 12.7. The van der Waals surface area contributed by atoms with Gasteiger partial charge in [0, 0.05) is 39.9 Å². The second-order valence-electron chi connectivity index (χ2n) is 5.73. The molecule has 0 spiro atoms. The van der Waals surface area contributed by atoms with Crippen molar-refractivity contribution < 1.29 is 37.2 Å². The first-order valence-corrected chi connectivity index (χ1v) is 19.1. The Morgan fingerprint density at radius 1 is 0.844 bits per heavy atom. The number of thioether (sulfide) groups is 1. The SMILES string of the molecule is CCOC(=O)CC(SP(=S)(OC)OC)C(=O)OCC.COP(=S)(OC)SCCSC(C)C. The summed E-state index contributed by atoms with van der Waals surface area (Å²) in [5.41, 5.74) is -4.65. The lowest BCUT2D eigenvalue weighted by Gasteiger charge is -2.21. The van der Waals surface area contributed by atoms with Crippen molar-refractivity contribution in [3.8, 4) is 0 Å². The topological polar surface area (TPSA) is 89.5 Å². The summed E-state index contributed by atoms with van der Waals surface area (Å²) in [5, 5.41) is -0.103. The van der Waals surface area contributed by atoms with Crippen LogP contribution in [0.1, 0.15) is 34.1 Å². The van der Waals surface area contributed by atoms with Gasteiger partial charge in [0.05, 0.1) is 19.6 Å². The Labute approximate surface area is 215 Å². The van der Waals surface area contributed by atoms with Gasteiger partial charge in [0.2, 0.25) is 11.4 Å². The molecule has 8 nitrogen and oxygen atoms in total. The molecule has 0 radical (unpaired) electrons. The van der Waals surface area contributed by atoms with Crippen LogP contribution in [0.25, 0.3) is 0 Å². The molecule has 0 bridgehead atoms. The number of esters is 2. The number of hydrogen-bond donors (Lipinski definition) is 0. The first-order valence-electron chi connectivity index (χ1n) is 9.66. The van der Waals surface area contributed by atoms with Gasteiger partial charge in [-0.25, -0.2) is 0 Å². The van der Waals surface area contributed by atoms with Crippen LogP contribution in [0.2, 0.25) is 0 Å². The lowest BCUT2D eigenvalue weighted by molar-refractivity contribution is -0.149. The van der Waals surface area contributed by atoms with E-state index < -0.39 is 28.6 Å². The van der Waals surface area contributed by atoms with Gasteiger partial charge in [-0.1, -0.05) is 36.6 Å². The van der Waals surface area contributed by atoms with E-state index in [4.69, 9.17) is 51.2 Å². The predicted octanol–water partition coefficient (Wildman–Crippen LogP) is 5.50. The van der Waals surface area contributed by atoms with Crippen LogP contribution in [0.4, 0.5) is 0 Å². The van der Waals surface area contributed by atoms with Gasteiger partial charge < -0.3 is 27.6 Å². The standard InChI is InChI=1S/C10H19O6PS2.C7H17O2PS3/c1-5-15-9(11)7-8(10(12)16-6-2)19-17(18,13-3)14-4;1-7(2)12-5-6-13-10(11,8-3)9-4/h8H,5-7H2,1-4H3;7H,5-6H2,1-4H3. The Morgan fingerprint density at radius 3 is 1.75 bits per heavy atom. The zero-order chi connectivity index (χ0) is 25.2. The van der Waals surface area contributed by atoms with Crippen LogP contribution in [0.15, 0.2) is 0 Å². The lowest BCUT2D eigenvalue weighted by Crippen LogP contribution is -2.24. The zero-order valence-corrected chi connectivity index (χ0v) is 25.8. The van der Waals surface area contributed by atoms with E-state index >= 15 is 0 Å². The van der Waals surface area contributed by atoms with E-state index in [0.717, 1.165) is 22.9 Å². The van der Waals surface area contributed by atoms with Crippen molar-refractivity contribution in [2.75, 3.05) is 53.2 Å². The Morgan fingerprint density at radius 2 is 1.34 bits per heavy atom. The van der Waals surface area contributed by atoms with Crippen molar-refractivity contribution in [1.29, 1.82) is 0 Å². The number of rotatable bonds is 16. The number of carbonyl (C=O) groups excluding carboxylic acids is 2. The van der Waals surface area contributed by atoms with Crippen LogP contribution in [-0.2, 0) is 60.8 Å². The molecule has 0 rings (SSSR count). The highest BCUT2D eigenvalue weighted by atomic mass is 32.9. The van der Waals surface area contributed by atoms with Crippen molar-refractivity contribution in [2.45, 2.75) is 44.6 Å². The minimum Gasteiger partial charge on any atom is -0.466 e. The maximum Gasteiger partial charge on any atom is 0.320 e. The largest absolute Gasteiger partial charge is 0.466 e. The molecule has 1 unspecified atom stereocenters. The summed E-state index contributed by atoms with van der Waals surface area (Å²) in [6.45, 7) is 8.24.